The number of aryl methyl sites for hydroxylation is 2. The largest absolute Gasteiger partial charge is 0.351 e. The third-order valence-corrected chi connectivity index (χ3v) is 5.37. The van der Waals surface area contributed by atoms with Crippen LogP contribution >= 0.6 is 23.4 Å². The van der Waals surface area contributed by atoms with Crippen LogP contribution in [0.5, 0.6) is 0 Å². The van der Waals surface area contributed by atoms with E-state index in [1.54, 1.807) is 12.1 Å². The number of rotatable bonds is 5. The summed E-state index contributed by atoms with van der Waals surface area (Å²) in [5.74, 6) is 0.164. The molecule has 0 aliphatic heterocycles. The molecule has 1 N–H and O–H groups in total. The Bertz CT molecular complexity index is 815. The van der Waals surface area contributed by atoms with Crippen molar-refractivity contribution in [2.45, 2.75) is 37.3 Å². The van der Waals surface area contributed by atoms with Gasteiger partial charge in [-0.1, -0.05) is 35.5 Å². The molecule has 0 atom stereocenters. The van der Waals surface area contributed by atoms with Crippen molar-refractivity contribution in [3.8, 4) is 6.07 Å². The smallest absolute Gasteiger partial charge is 0.230 e. The Morgan fingerprint density at radius 2 is 2.04 bits per heavy atom. The molecule has 1 aromatic heterocycles. The van der Waals surface area contributed by atoms with Gasteiger partial charge in [0, 0.05) is 17.3 Å². The second-order valence-electron chi connectivity index (χ2n) is 5.96. The van der Waals surface area contributed by atoms with Gasteiger partial charge in [0.1, 0.15) is 11.1 Å². The molecule has 1 aliphatic carbocycles. The fraction of sp³-hybridized carbons (Fsp3) is 0.316. The average Bonchev–Trinajstić information content (AvgIpc) is 2.65. The van der Waals surface area contributed by atoms with Gasteiger partial charge in [0.25, 0.3) is 0 Å². The molecule has 1 aromatic carbocycles. The van der Waals surface area contributed by atoms with Gasteiger partial charge < -0.3 is 5.32 Å². The van der Waals surface area contributed by atoms with Crippen LogP contribution in [-0.4, -0.2) is 16.6 Å². The number of thioether (sulfide) groups is 1. The first-order chi connectivity index (χ1) is 12.2. The lowest BCUT2D eigenvalue weighted by atomic mass is 9.95. The van der Waals surface area contributed by atoms with E-state index in [-0.39, 0.29) is 11.7 Å². The number of nitrogens with one attached hydrogen (secondary N) is 1. The van der Waals surface area contributed by atoms with Crippen molar-refractivity contribution in [3.05, 3.63) is 57.7 Å². The van der Waals surface area contributed by atoms with Crippen LogP contribution in [0.15, 0.2) is 35.4 Å². The number of aromatic nitrogens is 1. The van der Waals surface area contributed by atoms with E-state index in [1.165, 1.54) is 17.3 Å². The molecule has 4 nitrogen and oxygen atoms in total. The third-order valence-electron chi connectivity index (χ3n) is 4.13. The highest BCUT2D eigenvalue weighted by atomic mass is 35.5. The van der Waals surface area contributed by atoms with Gasteiger partial charge in [-0.2, -0.15) is 5.26 Å². The molecule has 128 valence electrons. The molecule has 2 aromatic rings. The molecule has 6 heteroatoms. The normalized spacial score (nSPS) is 13.0. The summed E-state index contributed by atoms with van der Waals surface area (Å²) in [6.07, 6.45) is 4.23. The van der Waals surface area contributed by atoms with Crippen molar-refractivity contribution in [2.24, 2.45) is 0 Å². The SMILES string of the molecule is N#Cc1cc2c(nc1SCC(=O)NCc1ccc(Cl)cc1)CCCC2. The number of halogens is 1. The molecule has 3 rings (SSSR count). The minimum absolute atomic E-state index is 0.0802. The molecule has 1 aliphatic rings. The maximum atomic E-state index is 12.1. The van der Waals surface area contributed by atoms with E-state index < -0.39 is 0 Å². The first kappa shape index (κ1) is 17.8. The summed E-state index contributed by atoms with van der Waals surface area (Å²) >= 11 is 7.17. The van der Waals surface area contributed by atoms with Crippen LogP contribution in [0.4, 0.5) is 0 Å². The predicted molar refractivity (Wildman–Crippen MR) is 99.6 cm³/mol. The summed E-state index contributed by atoms with van der Waals surface area (Å²) in [6.45, 7) is 0.458. The number of nitriles is 1. The van der Waals surface area contributed by atoms with Gasteiger partial charge in [0.2, 0.25) is 5.91 Å². The first-order valence-electron chi connectivity index (χ1n) is 8.22. The maximum absolute atomic E-state index is 12.1. The number of hydrogen-bond donors (Lipinski definition) is 1. The molecule has 1 amide bonds. The van der Waals surface area contributed by atoms with Gasteiger partial charge in [0.15, 0.2) is 0 Å². The van der Waals surface area contributed by atoms with Crippen molar-refractivity contribution >= 4 is 29.3 Å². The van der Waals surface area contributed by atoms with Gasteiger partial charge in [-0.05, 0) is 55.0 Å². The lowest BCUT2D eigenvalue weighted by molar-refractivity contribution is -0.118. The summed E-state index contributed by atoms with van der Waals surface area (Å²) in [5, 5.41) is 13.6. The Balaban J connectivity index is 1.58. The average molecular weight is 372 g/mol. The molecule has 0 radical (unpaired) electrons. The van der Waals surface area contributed by atoms with E-state index in [9.17, 15) is 10.1 Å². The molecule has 0 fully saturated rings. The number of pyridine rings is 1. The van der Waals surface area contributed by atoms with Crippen LogP contribution in [0.3, 0.4) is 0 Å². The number of carbonyl (C=O) groups is 1. The molecular weight excluding hydrogens is 354 g/mol. The minimum Gasteiger partial charge on any atom is -0.351 e. The van der Waals surface area contributed by atoms with Crippen LogP contribution in [0.25, 0.3) is 0 Å². The second-order valence-corrected chi connectivity index (χ2v) is 7.36. The number of benzene rings is 1. The van der Waals surface area contributed by atoms with Crippen LogP contribution in [0.1, 0.15) is 35.2 Å². The molecule has 0 unspecified atom stereocenters. The van der Waals surface area contributed by atoms with Gasteiger partial charge >= 0.3 is 0 Å². The van der Waals surface area contributed by atoms with Crippen LogP contribution in [-0.2, 0) is 24.2 Å². The summed E-state index contributed by atoms with van der Waals surface area (Å²) in [7, 11) is 0. The van der Waals surface area contributed by atoms with Crippen molar-refractivity contribution in [2.75, 3.05) is 5.75 Å². The first-order valence-corrected chi connectivity index (χ1v) is 9.59. The van der Waals surface area contributed by atoms with Crippen LogP contribution < -0.4 is 5.32 Å². The quantitative estimate of drug-likeness (QED) is 0.809. The summed E-state index contributed by atoms with van der Waals surface area (Å²) in [4.78, 5) is 16.7. The predicted octanol–water partition coefficient (Wildman–Crippen LogP) is 3.89. The number of nitrogens with zero attached hydrogens (tertiary/aromatic N) is 2. The van der Waals surface area contributed by atoms with E-state index in [0.717, 1.165) is 36.9 Å². The lowest BCUT2D eigenvalue weighted by Gasteiger charge is -2.16. The van der Waals surface area contributed by atoms with Crippen molar-refractivity contribution in [1.82, 2.24) is 10.3 Å². The number of fused-ring (bicyclic) bond motifs is 1. The zero-order valence-corrected chi connectivity index (χ0v) is 15.3. The Morgan fingerprint density at radius 3 is 2.80 bits per heavy atom. The van der Waals surface area contributed by atoms with Crippen molar-refractivity contribution in [1.29, 1.82) is 5.26 Å². The number of amides is 1. The lowest BCUT2D eigenvalue weighted by Crippen LogP contribution is -2.24. The zero-order chi connectivity index (χ0) is 17.6. The van der Waals surface area contributed by atoms with Gasteiger partial charge in [-0.25, -0.2) is 4.98 Å². The highest BCUT2D eigenvalue weighted by Crippen LogP contribution is 2.27. The second kappa shape index (κ2) is 8.37. The summed E-state index contributed by atoms with van der Waals surface area (Å²) in [5.41, 5.74) is 3.82. The fourth-order valence-corrected chi connectivity index (χ4v) is 3.72. The van der Waals surface area contributed by atoms with E-state index in [1.807, 2.05) is 18.2 Å². The van der Waals surface area contributed by atoms with Crippen LogP contribution in [0.2, 0.25) is 5.02 Å². The number of carbonyl (C=O) groups excluding carboxylic acids is 1. The molecule has 25 heavy (non-hydrogen) atoms. The molecule has 0 saturated carbocycles. The molecule has 0 bridgehead atoms. The summed E-state index contributed by atoms with van der Waals surface area (Å²) < 4.78 is 0. The fourth-order valence-electron chi connectivity index (χ4n) is 2.79. The Kier molecular flexibility index (Phi) is 5.95. The van der Waals surface area contributed by atoms with E-state index in [2.05, 4.69) is 16.4 Å². The molecule has 1 heterocycles. The zero-order valence-electron chi connectivity index (χ0n) is 13.7. The van der Waals surface area contributed by atoms with Gasteiger partial charge in [0.05, 0.1) is 11.3 Å². The van der Waals surface area contributed by atoms with E-state index >= 15 is 0 Å². The Hall–Kier alpha value is -2.03. The highest BCUT2D eigenvalue weighted by molar-refractivity contribution is 8.00. The Morgan fingerprint density at radius 1 is 1.28 bits per heavy atom. The Labute approximate surface area is 156 Å². The molecule has 0 saturated heterocycles. The minimum atomic E-state index is -0.0802. The number of hydrogen-bond acceptors (Lipinski definition) is 4. The third kappa shape index (κ3) is 4.75. The monoisotopic (exact) mass is 371 g/mol. The maximum Gasteiger partial charge on any atom is 0.230 e. The van der Waals surface area contributed by atoms with Gasteiger partial charge in [-0.3, -0.25) is 4.79 Å². The summed E-state index contributed by atoms with van der Waals surface area (Å²) in [6, 6.07) is 11.5. The van der Waals surface area contributed by atoms with E-state index in [4.69, 9.17) is 11.6 Å². The standard InChI is InChI=1S/C19H18ClN3OS/c20-16-7-5-13(6-8-16)11-22-18(24)12-25-19-15(10-21)9-14-3-1-2-4-17(14)23-19/h5-9H,1-4,11-12H2,(H,22,24). The van der Waals surface area contributed by atoms with Gasteiger partial charge in [-0.15, -0.1) is 0 Å². The highest BCUT2D eigenvalue weighted by Gasteiger charge is 2.16. The molecular formula is C19H18ClN3OS. The molecule has 0 spiro atoms. The van der Waals surface area contributed by atoms with E-state index in [0.29, 0.717) is 22.2 Å². The van der Waals surface area contributed by atoms with Crippen molar-refractivity contribution in [3.63, 3.8) is 0 Å². The van der Waals surface area contributed by atoms with Crippen molar-refractivity contribution < 1.29 is 4.79 Å². The van der Waals surface area contributed by atoms with Crippen LogP contribution in [0, 0.1) is 11.3 Å². The topological polar surface area (TPSA) is 65.8 Å².